The van der Waals surface area contributed by atoms with Crippen LogP contribution in [0.5, 0.6) is 0 Å². The van der Waals surface area contributed by atoms with Gasteiger partial charge in [0, 0.05) is 26.2 Å². The molecular weight excluding hydrogens is 434 g/mol. The third-order valence-corrected chi connectivity index (χ3v) is 6.03. The molecule has 176 valence electrons. The quantitative estimate of drug-likeness (QED) is 0.282. The Balaban J connectivity index is 1.68. The van der Waals surface area contributed by atoms with Gasteiger partial charge in [0.15, 0.2) is 0 Å². The number of aromatic nitrogens is 2. The lowest BCUT2D eigenvalue weighted by Gasteiger charge is -2.32. The van der Waals surface area contributed by atoms with Crippen LogP contribution in [0.2, 0.25) is 0 Å². The summed E-state index contributed by atoms with van der Waals surface area (Å²) in [5, 5.41) is 12.3. The van der Waals surface area contributed by atoms with E-state index in [1.54, 1.807) is 0 Å². The Kier molecular flexibility index (Phi) is 7.31. The number of esters is 1. The van der Waals surface area contributed by atoms with E-state index in [1.165, 1.54) is 13.4 Å². The van der Waals surface area contributed by atoms with Crippen molar-refractivity contribution in [2.45, 2.75) is 25.9 Å². The average molecular weight is 462 g/mol. The van der Waals surface area contributed by atoms with Gasteiger partial charge in [-0.2, -0.15) is 0 Å². The zero-order valence-electron chi connectivity index (χ0n) is 19.0. The van der Waals surface area contributed by atoms with Gasteiger partial charge in [0.05, 0.1) is 18.0 Å². The van der Waals surface area contributed by atoms with Gasteiger partial charge < -0.3 is 14.5 Å². The maximum Gasteiger partial charge on any atom is 0.353 e. The predicted molar refractivity (Wildman–Crippen MR) is 128 cm³/mol. The normalized spacial score (nSPS) is 14.0. The second kappa shape index (κ2) is 10.7. The van der Waals surface area contributed by atoms with Crippen molar-refractivity contribution in [3.63, 3.8) is 0 Å². The van der Waals surface area contributed by atoms with Gasteiger partial charge in [-0.15, -0.1) is 0 Å². The van der Waals surface area contributed by atoms with E-state index in [-0.39, 0.29) is 29.2 Å². The molecule has 1 aliphatic heterocycles. The van der Waals surface area contributed by atoms with Crippen LogP contribution < -0.4 is 9.80 Å². The van der Waals surface area contributed by atoms with Crippen LogP contribution in [0.15, 0.2) is 67.0 Å². The molecule has 9 nitrogen and oxygen atoms in total. The monoisotopic (exact) mass is 461 g/mol. The van der Waals surface area contributed by atoms with E-state index in [9.17, 15) is 14.9 Å². The van der Waals surface area contributed by atoms with Crippen LogP contribution in [0.4, 0.5) is 17.3 Å². The zero-order chi connectivity index (χ0) is 23.9. The number of piperidine rings is 1. The predicted octanol–water partition coefficient (Wildman–Crippen LogP) is 3.98. The van der Waals surface area contributed by atoms with Crippen LogP contribution in [0.1, 0.15) is 24.0 Å². The van der Waals surface area contributed by atoms with E-state index in [0.717, 1.165) is 11.1 Å². The highest BCUT2D eigenvalue weighted by atomic mass is 16.6. The van der Waals surface area contributed by atoms with Gasteiger partial charge in [-0.25, -0.2) is 9.97 Å². The SMILES string of the molecule is COC(=O)C1CCN(c2ncnc(N(Cc3ccccc3)Cc3ccccc3)c2[N+](=O)[O-])CC1. The molecule has 0 bridgehead atoms. The van der Waals surface area contributed by atoms with Crippen molar-refractivity contribution < 1.29 is 14.5 Å². The Bertz CT molecular complexity index is 1080. The summed E-state index contributed by atoms with van der Waals surface area (Å²) in [6, 6.07) is 19.6. The molecule has 1 saturated heterocycles. The smallest absolute Gasteiger partial charge is 0.353 e. The average Bonchev–Trinajstić information content (AvgIpc) is 2.88. The fourth-order valence-corrected chi connectivity index (χ4v) is 4.29. The topological polar surface area (TPSA) is 102 Å². The lowest BCUT2D eigenvalue weighted by molar-refractivity contribution is -0.383. The number of nitro groups is 1. The molecule has 0 spiro atoms. The first-order valence-electron chi connectivity index (χ1n) is 11.2. The van der Waals surface area contributed by atoms with E-state index in [1.807, 2.05) is 70.5 Å². The molecule has 9 heteroatoms. The van der Waals surface area contributed by atoms with Crippen LogP contribution in [-0.4, -0.2) is 41.1 Å². The van der Waals surface area contributed by atoms with E-state index in [4.69, 9.17) is 4.74 Å². The number of ether oxygens (including phenoxy) is 1. The van der Waals surface area contributed by atoms with Crippen molar-refractivity contribution in [2.75, 3.05) is 30.0 Å². The molecule has 2 heterocycles. The van der Waals surface area contributed by atoms with Crippen molar-refractivity contribution in [1.82, 2.24) is 9.97 Å². The molecule has 3 aromatic rings. The third kappa shape index (κ3) is 5.31. The summed E-state index contributed by atoms with van der Waals surface area (Å²) in [7, 11) is 1.38. The van der Waals surface area contributed by atoms with Crippen LogP contribution in [0.25, 0.3) is 0 Å². The summed E-state index contributed by atoms with van der Waals surface area (Å²) >= 11 is 0. The van der Waals surface area contributed by atoms with Crippen LogP contribution >= 0.6 is 0 Å². The Labute approximate surface area is 198 Å². The van der Waals surface area contributed by atoms with E-state index in [0.29, 0.717) is 39.0 Å². The highest BCUT2D eigenvalue weighted by molar-refractivity contribution is 5.74. The number of carbonyl (C=O) groups is 1. The summed E-state index contributed by atoms with van der Waals surface area (Å²) in [5.41, 5.74) is 1.92. The Hall–Kier alpha value is -4.01. The first-order chi connectivity index (χ1) is 16.6. The van der Waals surface area contributed by atoms with Crippen LogP contribution in [-0.2, 0) is 22.6 Å². The van der Waals surface area contributed by atoms with Gasteiger partial charge in [-0.3, -0.25) is 14.9 Å². The number of benzene rings is 2. The van der Waals surface area contributed by atoms with Crippen molar-refractivity contribution in [3.05, 3.63) is 88.2 Å². The molecule has 0 radical (unpaired) electrons. The second-order valence-corrected chi connectivity index (χ2v) is 8.24. The number of hydrogen-bond acceptors (Lipinski definition) is 8. The van der Waals surface area contributed by atoms with Crippen molar-refractivity contribution in [3.8, 4) is 0 Å². The van der Waals surface area contributed by atoms with Gasteiger partial charge in [0.2, 0.25) is 11.6 Å². The minimum absolute atomic E-state index is 0.120. The van der Waals surface area contributed by atoms with Crippen molar-refractivity contribution in [1.29, 1.82) is 0 Å². The van der Waals surface area contributed by atoms with Gasteiger partial charge >= 0.3 is 11.7 Å². The van der Waals surface area contributed by atoms with E-state index >= 15 is 0 Å². The molecule has 0 amide bonds. The summed E-state index contributed by atoms with van der Waals surface area (Å²) in [4.78, 5) is 36.3. The molecule has 0 saturated carbocycles. The number of anilines is 2. The number of rotatable bonds is 8. The molecule has 0 aliphatic carbocycles. The standard InChI is InChI=1S/C25H27N5O4/c1-34-25(31)21-12-14-28(15-13-21)23-22(30(32)33)24(27-18-26-23)29(16-19-8-4-2-5-9-19)17-20-10-6-3-7-11-20/h2-11,18,21H,12-17H2,1H3. The molecule has 1 fully saturated rings. The van der Waals surface area contributed by atoms with Crippen molar-refractivity contribution >= 4 is 23.3 Å². The lowest BCUT2D eigenvalue weighted by atomic mass is 9.97. The minimum atomic E-state index is -0.403. The molecule has 0 atom stereocenters. The Morgan fingerprint density at radius 2 is 1.59 bits per heavy atom. The summed E-state index contributed by atoms with van der Waals surface area (Å²) in [5.74, 6) is 0.117. The molecular formula is C25H27N5O4. The van der Waals surface area contributed by atoms with E-state index in [2.05, 4.69) is 9.97 Å². The maximum absolute atomic E-state index is 12.3. The summed E-state index contributed by atoms with van der Waals surface area (Å²) in [6.07, 6.45) is 2.49. The number of carbonyl (C=O) groups excluding carboxylic acids is 1. The lowest BCUT2D eigenvalue weighted by Crippen LogP contribution is -2.38. The first-order valence-corrected chi connectivity index (χ1v) is 11.2. The largest absolute Gasteiger partial charge is 0.469 e. The summed E-state index contributed by atoms with van der Waals surface area (Å²) in [6.45, 7) is 1.87. The second-order valence-electron chi connectivity index (χ2n) is 8.24. The van der Waals surface area contributed by atoms with Gasteiger partial charge in [0.25, 0.3) is 0 Å². The summed E-state index contributed by atoms with van der Waals surface area (Å²) < 4.78 is 4.86. The fraction of sp³-hybridized carbons (Fsp3) is 0.320. The molecule has 1 aliphatic rings. The van der Waals surface area contributed by atoms with Crippen molar-refractivity contribution in [2.24, 2.45) is 5.92 Å². The molecule has 2 aromatic carbocycles. The first kappa shape index (κ1) is 23.2. The highest BCUT2D eigenvalue weighted by Crippen LogP contribution is 2.37. The fourth-order valence-electron chi connectivity index (χ4n) is 4.29. The molecule has 0 unspecified atom stereocenters. The Morgan fingerprint density at radius 1 is 1.03 bits per heavy atom. The number of hydrogen-bond donors (Lipinski definition) is 0. The van der Waals surface area contributed by atoms with Gasteiger partial charge in [0.1, 0.15) is 6.33 Å². The third-order valence-electron chi connectivity index (χ3n) is 6.03. The molecule has 0 N–H and O–H groups in total. The Morgan fingerprint density at radius 3 is 2.09 bits per heavy atom. The molecule has 34 heavy (non-hydrogen) atoms. The van der Waals surface area contributed by atoms with Gasteiger partial charge in [-0.05, 0) is 24.0 Å². The van der Waals surface area contributed by atoms with Crippen LogP contribution in [0.3, 0.4) is 0 Å². The molecule has 1 aromatic heterocycles. The minimum Gasteiger partial charge on any atom is -0.469 e. The van der Waals surface area contributed by atoms with Gasteiger partial charge in [-0.1, -0.05) is 60.7 Å². The van der Waals surface area contributed by atoms with E-state index < -0.39 is 4.92 Å². The highest BCUT2D eigenvalue weighted by Gasteiger charge is 2.33. The maximum atomic E-state index is 12.3. The van der Waals surface area contributed by atoms with Crippen LogP contribution in [0, 0.1) is 16.0 Å². The molecule has 4 rings (SSSR count). The number of methoxy groups -OCH3 is 1. The number of nitrogens with zero attached hydrogens (tertiary/aromatic N) is 5. The zero-order valence-corrected chi connectivity index (χ0v) is 19.0.